The molecule has 3 nitrogen and oxygen atoms in total. The first kappa shape index (κ1) is 11.8. The van der Waals surface area contributed by atoms with Gasteiger partial charge in [-0.2, -0.15) is 0 Å². The van der Waals surface area contributed by atoms with E-state index < -0.39 is 0 Å². The third kappa shape index (κ3) is 2.71. The van der Waals surface area contributed by atoms with E-state index in [0.717, 1.165) is 15.6 Å². The van der Waals surface area contributed by atoms with Gasteiger partial charge in [0.05, 0.1) is 12.7 Å². The average Bonchev–Trinajstić information content (AvgIpc) is 2.38. The van der Waals surface area contributed by atoms with Gasteiger partial charge >= 0.3 is 5.97 Å². The minimum atomic E-state index is -0.346. The first-order chi connectivity index (χ1) is 8.20. The van der Waals surface area contributed by atoms with Crippen LogP contribution >= 0.6 is 15.9 Å². The number of methoxy groups -OCH3 is 1. The molecule has 0 saturated heterocycles. The fourth-order valence-corrected chi connectivity index (χ4v) is 2.03. The molecule has 2 rings (SSSR count). The van der Waals surface area contributed by atoms with Gasteiger partial charge in [-0.15, -0.1) is 0 Å². The van der Waals surface area contributed by atoms with Crippen molar-refractivity contribution < 1.29 is 9.53 Å². The number of hydrogen-bond acceptors (Lipinski definition) is 3. The number of hydrogen-bond donors (Lipinski definition) is 0. The van der Waals surface area contributed by atoms with Crippen LogP contribution in [-0.2, 0) is 4.74 Å². The number of rotatable bonds is 2. The van der Waals surface area contributed by atoms with E-state index in [-0.39, 0.29) is 5.97 Å². The Bertz CT molecular complexity index is 540. The van der Waals surface area contributed by atoms with E-state index in [1.54, 1.807) is 24.5 Å². The molecule has 17 heavy (non-hydrogen) atoms. The maximum Gasteiger partial charge on any atom is 0.337 e. The van der Waals surface area contributed by atoms with E-state index >= 15 is 0 Å². The predicted octanol–water partition coefficient (Wildman–Crippen LogP) is 3.30. The van der Waals surface area contributed by atoms with Crippen LogP contribution in [0.25, 0.3) is 11.1 Å². The van der Waals surface area contributed by atoms with Crippen molar-refractivity contribution in [3.8, 4) is 11.1 Å². The minimum Gasteiger partial charge on any atom is -0.465 e. The van der Waals surface area contributed by atoms with Crippen LogP contribution in [0.15, 0.2) is 47.2 Å². The fourth-order valence-electron chi connectivity index (χ4n) is 1.54. The van der Waals surface area contributed by atoms with Crippen molar-refractivity contribution in [3.05, 3.63) is 52.8 Å². The molecule has 0 aliphatic rings. The van der Waals surface area contributed by atoms with Crippen molar-refractivity contribution in [1.29, 1.82) is 0 Å². The quantitative estimate of drug-likeness (QED) is 0.797. The van der Waals surface area contributed by atoms with Crippen LogP contribution in [-0.4, -0.2) is 18.1 Å². The van der Waals surface area contributed by atoms with Gasteiger partial charge in [-0.1, -0.05) is 15.9 Å². The van der Waals surface area contributed by atoms with Gasteiger partial charge in [-0.05, 0) is 41.5 Å². The number of halogens is 1. The first-order valence-corrected chi connectivity index (χ1v) is 5.79. The van der Waals surface area contributed by atoms with Gasteiger partial charge in [-0.25, -0.2) is 4.79 Å². The van der Waals surface area contributed by atoms with E-state index in [4.69, 9.17) is 4.74 Å². The monoisotopic (exact) mass is 291 g/mol. The van der Waals surface area contributed by atoms with Crippen molar-refractivity contribution in [2.75, 3.05) is 7.11 Å². The highest BCUT2D eigenvalue weighted by Gasteiger charge is 2.08. The molecular formula is C13H10BrNO2. The summed E-state index contributed by atoms with van der Waals surface area (Å²) in [6, 6.07) is 9.26. The Labute approximate surface area is 108 Å². The fraction of sp³-hybridized carbons (Fsp3) is 0.0769. The molecule has 0 unspecified atom stereocenters. The molecule has 0 fully saturated rings. The zero-order valence-electron chi connectivity index (χ0n) is 9.18. The van der Waals surface area contributed by atoms with E-state index in [9.17, 15) is 4.79 Å². The Morgan fingerprint density at radius 2 is 1.88 bits per heavy atom. The second-order valence-corrected chi connectivity index (χ2v) is 4.37. The lowest BCUT2D eigenvalue weighted by molar-refractivity contribution is 0.0600. The summed E-state index contributed by atoms with van der Waals surface area (Å²) in [5.74, 6) is -0.346. The number of nitrogens with zero attached hydrogens (tertiary/aromatic N) is 1. The van der Waals surface area contributed by atoms with Crippen molar-refractivity contribution >= 4 is 21.9 Å². The second kappa shape index (κ2) is 5.10. The largest absolute Gasteiger partial charge is 0.465 e. The summed E-state index contributed by atoms with van der Waals surface area (Å²) in [6.45, 7) is 0. The Morgan fingerprint density at radius 3 is 2.53 bits per heavy atom. The van der Waals surface area contributed by atoms with Crippen molar-refractivity contribution in [2.24, 2.45) is 0 Å². The Balaban J connectivity index is 2.49. The van der Waals surface area contributed by atoms with E-state index in [2.05, 4.69) is 20.9 Å². The Kier molecular flexibility index (Phi) is 3.54. The number of carbonyl (C=O) groups is 1. The number of pyridine rings is 1. The molecule has 0 atom stereocenters. The third-order valence-corrected chi connectivity index (χ3v) is 2.79. The molecule has 0 aliphatic carbocycles. The number of ether oxygens (including phenoxy) is 1. The molecule has 0 amide bonds. The number of aromatic nitrogens is 1. The molecule has 2 aromatic rings. The van der Waals surface area contributed by atoms with Gasteiger partial charge in [0.2, 0.25) is 0 Å². The van der Waals surface area contributed by atoms with Gasteiger partial charge in [0, 0.05) is 16.9 Å². The van der Waals surface area contributed by atoms with Gasteiger partial charge < -0.3 is 4.74 Å². The summed E-state index contributed by atoms with van der Waals surface area (Å²) in [4.78, 5) is 15.5. The van der Waals surface area contributed by atoms with Crippen LogP contribution in [0.1, 0.15) is 10.4 Å². The average molecular weight is 292 g/mol. The molecule has 0 bridgehead atoms. The normalized spacial score (nSPS) is 10.0. The molecule has 1 aromatic carbocycles. The topological polar surface area (TPSA) is 39.2 Å². The number of esters is 1. The van der Waals surface area contributed by atoms with Crippen LogP contribution in [0.4, 0.5) is 0 Å². The van der Waals surface area contributed by atoms with Crippen molar-refractivity contribution in [2.45, 2.75) is 0 Å². The van der Waals surface area contributed by atoms with Crippen LogP contribution in [0.5, 0.6) is 0 Å². The summed E-state index contributed by atoms with van der Waals surface area (Å²) in [6.07, 6.45) is 3.43. The maximum absolute atomic E-state index is 11.5. The first-order valence-electron chi connectivity index (χ1n) is 5.00. The molecule has 0 saturated carbocycles. The standard InChI is InChI=1S/C13H10BrNO2/c1-17-13(16)11-6-10(7-12(14)8-11)9-2-4-15-5-3-9/h2-8H,1H3. The van der Waals surface area contributed by atoms with E-state index in [1.807, 2.05) is 18.2 Å². The van der Waals surface area contributed by atoms with Gasteiger partial charge in [0.25, 0.3) is 0 Å². The van der Waals surface area contributed by atoms with Crippen molar-refractivity contribution in [3.63, 3.8) is 0 Å². The van der Waals surface area contributed by atoms with Gasteiger partial charge in [0.1, 0.15) is 0 Å². The lowest BCUT2D eigenvalue weighted by Gasteiger charge is -2.05. The molecule has 0 radical (unpaired) electrons. The molecule has 0 spiro atoms. The van der Waals surface area contributed by atoms with Crippen LogP contribution in [0, 0.1) is 0 Å². The smallest absolute Gasteiger partial charge is 0.337 e. The summed E-state index contributed by atoms with van der Waals surface area (Å²) in [7, 11) is 1.37. The number of carbonyl (C=O) groups excluding carboxylic acids is 1. The zero-order valence-corrected chi connectivity index (χ0v) is 10.8. The maximum atomic E-state index is 11.5. The van der Waals surface area contributed by atoms with Gasteiger partial charge in [0.15, 0.2) is 0 Å². The predicted molar refractivity (Wildman–Crippen MR) is 68.7 cm³/mol. The summed E-state index contributed by atoms with van der Waals surface area (Å²) in [5, 5.41) is 0. The van der Waals surface area contributed by atoms with Crippen LogP contribution in [0.2, 0.25) is 0 Å². The Morgan fingerprint density at radius 1 is 1.18 bits per heavy atom. The lowest BCUT2D eigenvalue weighted by atomic mass is 10.0. The molecule has 4 heteroatoms. The third-order valence-electron chi connectivity index (χ3n) is 2.33. The van der Waals surface area contributed by atoms with E-state index in [0.29, 0.717) is 5.56 Å². The Hall–Kier alpha value is -1.68. The highest BCUT2D eigenvalue weighted by Crippen LogP contribution is 2.25. The molecule has 86 valence electrons. The second-order valence-electron chi connectivity index (χ2n) is 3.46. The minimum absolute atomic E-state index is 0.346. The summed E-state index contributed by atoms with van der Waals surface area (Å²) in [5.41, 5.74) is 2.47. The molecule has 1 aromatic heterocycles. The summed E-state index contributed by atoms with van der Waals surface area (Å²) >= 11 is 3.38. The van der Waals surface area contributed by atoms with Gasteiger partial charge in [-0.3, -0.25) is 4.98 Å². The zero-order chi connectivity index (χ0) is 12.3. The molecule has 1 heterocycles. The number of benzene rings is 1. The van der Waals surface area contributed by atoms with Crippen LogP contribution in [0.3, 0.4) is 0 Å². The highest BCUT2D eigenvalue weighted by atomic mass is 79.9. The lowest BCUT2D eigenvalue weighted by Crippen LogP contribution is -2.01. The summed E-state index contributed by atoms with van der Waals surface area (Å²) < 4.78 is 5.55. The van der Waals surface area contributed by atoms with Crippen molar-refractivity contribution in [1.82, 2.24) is 4.98 Å². The molecule has 0 N–H and O–H groups in total. The van der Waals surface area contributed by atoms with Crippen LogP contribution < -0.4 is 0 Å². The van der Waals surface area contributed by atoms with E-state index in [1.165, 1.54) is 7.11 Å². The highest BCUT2D eigenvalue weighted by molar-refractivity contribution is 9.10. The SMILES string of the molecule is COC(=O)c1cc(Br)cc(-c2ccncc2)c1. The molecular weight excluding hydrogens is 282 g/mol. The molecule has 0 aliphatic heterocycles.